The number of aromatic nitrogens is 2. The zero-order valence-corrected chi connectivity index (χ0v) is 12.1. The average molecular weight is 291 g/mol. The molecule has 0 unspecified atom stereocenters. The average Bonchev–Trinajstić information content (AvgIpc) is 2.83. The topological polar surface area (TPSA) is 89.0 Å². The zero-order chi connectivity index (χ0) is 13.6. The number of amides is 1. The monoisotopic (exact) mass is 291 g/mol. The molecule has 0 aliphatic carbocycles. The quantitative estimate of drug-likeness (QED) is 0.816. The van der Waals surface area contributed by atoms with Gasteiger partial charge in [-0.05, 0) is 12.8 Å². The summed E-state index contributed by atoms with van der Waals surface area (Å²) in [6.45, 7) is 4.39. The summed E-state index contributed by atoms with van der Waals surface area (Å²) in [4.78, 5) is 11.6. The van der Waals surface area contributed by atoms with Gasteiger partial charge in [-0.1, -0.05) is 31.6 Å². The largest absolute Gasteiger partial charge is 0.350 e. The fourth-order valence-electron chi connectivity index (χ4n) is 1.16. The maximum Gasteiger partial charge on any atom is 0.282 e. The first-order valence-electron chi connectivity index (χ1n) is 5.85. The predicted octanol–water partition coefficient (Wildman–Crippen LogP) is 1.25. The Morgan fingerprint density at radius 3 is 2.61 bits per heavy atom. The Hall–Kier alpha value is -1.02. The van der Waals surface area contributed by atoms with Crippen molar-refractivity contribution in [2.45, 2.75) is 37.4 Å². The summed E-state index contributed by atoms with van der Waals surface area (Å²) >= 11 is 0.827. The Bertz CT molecular complexity index is 496. The van der Waals surface area contributed by atoms with Crippen molar-refractivity contribution >= 4 is 27.1 Å². The standard InChI is InChI=1S/C10H17N3O3S2/c1-3-5-7-18(15,16)10-13-12-9(17-10)8(14)11-6-4-2/h3-7H2,1-2H3,(H,11,14). The third-order valence-corrected chi connectivity index (χ3v) is 5.34. The van der Waals surface area contributed by atoms with Crippen LogP contribution in [0, 0.1) is 0 Å². The first-order valence-corrected chi connectivity index (χ1v) is 8.32. The van der Waals surface area contributed by atoms with E-state index in [0.717, 1.165) is 24.2 Å². The van der Waals surface area contributed by atoms with Crippen LogP contribution in [-0.4, -0.2) is 36.8 Å². The summed E-state index contributed by atoms with van der Waals surface area (Å²) in [5.41, 5.74) is 0. The number of nitrogens with one attached hydrogen (secondary N) is 1. The Kier molecular flexibility index (Phi) is 5.67. The zero-order valence-electron chi connectivity index (χ0n) is 10.5. The van der Waals surface area contributed by atoms with Gasteiger partial charge in [0.1, 0.15) is 0 Å². The van der Waals surface area contributed by atoms with Gasteiger partial charge in [-0.3, -0.25) is 4.79 Å². The molecule has 0 spiro atoms. The highest BCUT2D eigenvalue weighted by molar-refractivity contribution is 7.93. The summed E-state index contributed by atoms with van der Waals surface area (Å²) < 4.78 is 23.6. The third kappa shape index (κ3) is 4.02. The molecule has 1 aromatic heterocycles. The van der Waals surface area contributed by atoms with E-state index in [1.165, 1.54) is 0 Å². The maximum absolute atomic E-state index is 11.8. The molecule has 1 aromatic rings. The van der Waals surface area contributed by atoms with Crippen LogP contribution in [0.1, 0.15) is 42.9 Å². The molecule has 1 N–H and O–H groups in total. The second kappa shape index (κ2) is 6.79. The van der Waals surface area contributed by atoms with Crippen molar-refractivity contribution in [1.29, 1.82) is 0 Å². The van der Waals surface area contributed by atoms with Gasteiger partial charge < -0.3 is 5.32 Å². The second-order valence-electron chi connectivity index (χ2n) is 3.80. The Morgan fingerprint density at radius 1 is 1.28 bits per heavy atom. The predicted molar refractivity (Wildman–Crippen MR) is 69.5 cm³/mol. The number of hydrogen-bond donors (Lipinski definition) is 1. The Labute approximate surface area is 111 Å². The lowest BCUT2D eigenvalue weighted by atomic mass is 10.4. The van der Waals surface area contributed by atoms with E-state index in [1.807, 2.05) is 13.8 Å². The van der Waals surface area contributed by atoms with Crippen LogP contribution in [-0.2, 0) is 9.84 Å². The van der Waals surface area contributed by atoms with Gasteiger partial charge in [0.2, 0.25) is 19.2 Å². The molecular formula is C10H17N3O3S2. The molecule has 18 heavy (non-hydrogen) atoms. The molecule has 1 rings (SSSR count). The van der Waals surface area contributed by atoms with Crippen LogP contribution in [0.5, 0.6) is 0 Å². The maximum atomic E-state index is 11.8. The number of carbonyl (C=O) groups is 1. The van der Waals surface area contributed by atoms with Crippen molar-refractivity contribution in [1.82, 2.24) is 15.5 Å². The minimum Gasteiger partial charge on any atom is -0.350 e. The van der Waals surface area contributed by atoms with Crippen molar-refractivity contribution in [3.8, 4) is 0 Å². The van der Waals surface area contributed by atoms with E-state index in [4.69, 9.17) is 0 Å². The van der Waals surface area contributed by atoms with Crippen LogP contribution in [0.25, 0.3) is 0 Å². The fourth-order valence-corrected chi connectivity index (χ4v) is 3.66. The van der Waals surface area contributed by atoms with Gasteiger partial charge in [-0.2, -0.15) is 0 Å². The van der Waals surface area contributed by atoms with Gasteiger partial charge in [0.05, 0.1) is 5.75 Å². The lowest BCUT2D eigenvalue weighted by Gasteiger charge is -1.98. The summed E-state index contributed by atoms with van der Waals surface area (Å²) in [6, 6.07) is 0. The molecule has 0 aliphatic heterocycles. The summed E-state index contributed by atoms with van der Waals surface area (Å²) in [5, 5.41) is 9.94. The molecule has 0 aromatic carbocycles. The molecule has 8 heteroatoms. The second-order valence-corrected chi connectivity index (χ2v) is 7.06. The van der Waals surface area contributed by atoms with E-state index in [2.05, 4.69) is 15.5 Å². The summed E-state index contributed by atoms with van der Waals surface area (Å²) in [5.74, 6) is -0.319. The van der Waals surface area contributed by atoms with Gasteiger partial charge in [-0.25, -0.2) is 8.42 Å². The molecule has 0 radical (unpaired) electrons. The third-order valence-electron chi connectivity index (χ3n) is 2.17. The lowest BCUT2D eigenvalue weighted by Crippen LogP contribution is -2.23. The van der Waals surface area contributed by atoms with E-state index in [9.17, 15) is 13.2 Å². The summed E-state index contributed by atoms with van der Waals surface area (Å²) in [7, 11) is -3.39. The Balaban J connectivity index is 2.76. The molecular weight excluding hydrogens is 274 g/mol. The van der Waals surface area contributed by atoms with Gasteiger partial charge in [0.15, 0.2) is 0 Å². The van der Waals surface area contributed by atoms with Gasteiger partial charge >= 0.3 is 0 Å². The van der Waals surface area contributed by atoms with Crippen LogP contribution in [0.4, 0.5) is 0 Å². The highest BCUT2D eigenvalue weighted by atomic mass is 32.2. The number of rotatable bonds is 7. The SMILES string of the molecule is CCCCS(=O)(=O)c1nnc(C(=O)NCCC)s1. The first kappa shape index (κ1) is 15.0. The first-order chi connectivity index (χ1) is 8.51. The van der Waals surface area contributed by atoms with Gasteiger partial charge in [0.25, 0.3) is 5.91 Å². The molecule has 0 saturated carbocycles. The van der Waals surface area contributed by atoms with Crippen molar-refractivity contribution in [2.75, 3.05) is 12.3 Å². The van der Waals surface area contributed by atoms with E-state index >= 15 is 0 Å². The smallest absolute Gasteiger partial charge is 0.282 e. The lowest BCUT2D eigenvalue weighted by molar-refractivity contribution is 0.0952. The van der Waals surface area contributed by atoms with E-state index in [1.54, 1.807) is 0 Å². The number of unbranched alkanes of at least 4 members (excludes halogenated alkanes) is 1. The molecule has 102 valence electrons. The molecule has 1 heterocycles. The van der Waals surface area contributed by atoms with Crippen LogP contribution in [0.2, 0.25) is 0 Å². The van der Waals surface area contributed by atoms with Crippen LogP contribution >= 0.6 is 11.3 Å². The van der Waals surface area contributed by atoms with Crippen LogP contribution in [0.3, 0.4) is 0 Å². The molecule has 0 aliphatic rings. The number of carbonyl (C=O) groups excluding carboxylic acids is 1. The van der Waals surface area contributed by atoms with E-state index < -0.39 is 9.84 Å². The normalized spacial score (nSPS) is 11.4. The van der Waals surface area contributed by atoms with E-state index in [-0.39, 0.29) is 21.0 Å². The number of sulfone groups is 1. The van der Waals surface area contributed by atoms with Crippen molar-refractivity contribution < 1.29 is 13.2 Å². The van der Waals surface area contributed by atoms with Crippen LogP contribution in [0.15, 0.2) is 4.34 Å². The van der Waals surface area contributed by atoms with Gasteiger partial charge in [-0.15, -0.1) is 10.2 Å². The summed E-state index contributed by atoms with van der Waals surface area (Å²) in [6.07, 6.45) is 2.19. The molecule has 0 fully saturated rings. The van der Waals surface area contributed by atoms with Gasteiger partial charge in [0, 0.05) is 6.54 Å². The van der Waals surface area contributed by atoms with Crippen LogP contribution < -0.4 is 5.32 Å². The molecule has 0 atom stereocenters. The molecule has 1 amide bonds. The van der Waals surface area contributed by atoms with Crippen molar-refractivity contribution in [3.05, 3.63) is 5.01 Å². The molecule has 0 bridgehead atoms. The minimum atomic E-state index is -3.39. The number of hydrogen-bond acceptors (Lipinski definition) is 6. The highest BCUT2D eigenvalue weighted by Crippen LogP contribution is 2.18. The van der Waals surface area contributed by atoms with E-state index in [0.29, 0.717) is 13.0 Å². The highest BCUT2D eigenvalue weighted by Gasteiger charge is 2.21. The van der Waals surface area contributed by atoms with Crippen molar-refractivity contribution in [3.63, 3.8) is 0 Å². The van der Waals surface area contributed by atoms with Crippen molar-refractivity contribution in [2.24, 2.45) is 0 Å². The molecule has 0 saturated heterocycles. The number of nitrogens with zero attached hydrogens (tertiary/aromatic N) is 2. The minimum absolute atomic E-state index is 0.0503. The Morgan fingerprint density at radius 2 is 2.00 bits per heavy atom. The fraction of sp³-hybridized carbons (Fsp3) is 0.700. The molecule has 6 nitrogen and oxygen atoms in total.